The minimum atomic E-state index is -0.478. The first kappa shape index (κ1) is 21.1. The van der Waals surface area contributed by atoms with Crippen LogP contribution in [0.3, 0.4) is 0 Å². The number of nitrogens with zero attached hydrogens (tertiary/aromatic N) is 4. The predicted octanol–water partition coefficient (Wildman–Crippen LogP) is 5.27. The van der Waals surface area contributed by atoms with Gasteiger partial charge in [-0.2, -0.15) is 4.68 Å². The first-order valence-corrected chi connectivity index (χ1v) is 12.4. The number of carbonyl (C=O) groups is 1. The third-order valence-corrected chi connectivity index (χ3v) is 7.56. The highest BCUT2D eigenvalue weighted by atomic mass is 35.5. The first-order valence-electron chi connectivity index (χ1n) is 11.2. The van der Waals surface area contributed by atoms with Crippen molar-refractivity contribution in [2.45, 2.75) is 32.1 Å². The number of carbonyl (C=O) groups excluding carboxylic acids is 1. The van der Waals surface area contributed by atoms with Crippen LogP contribution in [0.4, 0.5) is 5.69 Å². The van der Waals surface area contributed by atoms with E-state index in [0.29, 0.717) is 32.4 Å². The van der Waals surface area contributed by atoms with Gasteiger partial charge in [0.05, 0.1) is 11.1 Å². The van der Waals surface area contributed by atoms with Crippen molar-refractivity contribution in [3.05, 3.63) is 86.2 Å². The summed E-state index contributed by atoms with van der Waals surface area (Å²) in [5.41, 5.74) is 2.11. The molecule has 1 N–H and O–H groups in total. The fraction of sp³-hybridized carbons (Fsp3) is 0.200. The normalized spacial score (nSPS) is 13.7. The van der Waals surface area contributed by atoms with Crippen LogP contribution in [0.25, 0.3) is 21.7 Å². The topological polar surface area (TPSA) is 81.3 Å². The lowest BCUT2D eigenvalue weighted by Crippen LogP contribution is -2.23. The summed E-state index contributed by atoms with van der Waals surface area (Å²) in [6.45, 7) is 0. The van der Waals surface area contributed by atoms with E-state index in [2.05, 4.69) is 10.4 Å². The van der Waals surface area contributed by atoms with Crippen LogP contribution in [0.5, 0.6) is 0 Å². The minimum Gasteiger partial charge on any atom is -0.319 e. The molecule has 3 aromatic heterocycles. The second kappa shape index (κ2) is 8.38. The number of para-hydroxylation sites is 1. The number of aryl methyl sites for hydroxylation is 2. The summed E-state index contributed by atoms with van der Waals surface area (Å²) in [4.78, 5) is 34.0. The fourth-order valence-corrected chi connectivity index (χ4v) is 5.87. The van der Waals surface area contributed by atoms with E-state index < -0.39 is 5.91 Å². The molecule has 3 heterocycles. The van der Waals surface area contributed by atoms with Gasteiger partial charge in [0.1, 0.15) is 4.83 Å². The van der Waals surface area contributed by atoms with Gasteiger partial charge in [-0.3, -0.25) is 9.59 Å². The van der Waals surface area contributed by atoms with Gasteiger partial charge in [-0.1, -0.05) is 36.2 Å². The molecule has 170 valence electrons. The van der Waals surface area contributed by atoms with Gasteiger partial charge in [0.15, 0.2) is 0 Å². The van der Waals surface area contributed by atoms with Gasteiger partial charge in [0, 0.05) is 15.6 Å². The minimum absolute atomic E-state index is 0.0122. The summed E-state index contributed by atoms with van der Waals surface area (Å²) in [5, 5.41) is 8.59. The molecule has 0 bridgehead atoms. The lowest BCUT2D eigenvalue weighted by molar-refractivity contribution is 0.101. The van der Waals surface area contributed by atoms with Gasteiger partial charge < -0.3 is 5.32 Å². The van der Waals surface area contributed by atoms with Crippen LogP contribution in [0, 0.1) is 0 Å². The molecule has 1 aliphatic carbocycles. The number of fused-ring (bicyclic) bond motifs is 4. The number of anilines is 1. The van der Waals surface area contributed by atoms with Crippen molar-refractivity contribution in [2.24, 2.45) is 0 Å². The number of hydrogen-bond acceptors (Lipinski definition) is 5. The van der Waals surface area contributed by atoms with Crippen molar-refractivity contribution in [1.29, 1.82) is 0 Å². The number of amides is 1. The highest BCUT2D eigenvalue weighted by molar-refractivity contribution is 7.18. The first-order chi connectivity index (χ1) is 16.6. The van der Waals surface area contributed by atoms with Crippen molar-refractivity contribution in [3.63, 3.8) is 0 Å². The molecule has 1 aliphatic rings. The maximum Gasteiger partial charge on any atom is 0.294 e. The lowest BCUT2D eigenvalue weighted by Gasteiger charge is -2.04. The van der Waals surface area contributed by atoms with Crippen molar-refractivity contribution in [1.82, 2.24) is 19.2 Å². The summed E-state index contributed by atoms with van der Waals surface area (Å²) in [7, 11) is 0. The second-order valence-electron chi connectivity index (χ2n) is 8.33. The van der Waals surface area contributed by atoms with Gasteiger partial charge in [-0.25, -0.2) is 9.38 Å². The van der Waals surface area contributed by atoms with Gasteiger partial charge in [0.25, 0.3) is 11.5 Å². The molecule has 9 heteroatoms. The van der Waals surface area contributed by atoms with Crippen LogP contribution in [-0.2, 0) is 12.8 Å². The van der Waals surface area contributed by atoms with Crippen molar-refractivity contribution < 1.29 is 4.79 Å². The molecule has 0 aliphatic heterocycles. The maximum atomic E-state index is 13.9. The highest BCUT2D eigenvalue weighted by Gasteiger charge is 2.26. The van der Waals surface area contributed by atoms with E-state index in [0.717, 1.165) is 37.7 Å². The monoisotopic (exact) mass is 489 g/mol. The van der Waals surface area contributed by atoms with E-state index in [1.807, 2.05) is 18.2 Å². The Morgan fingerprint density at radius 3 is 2.56 bits per heavy atom. The zero-order chi connectivity index (χ0) is 23.2. The average Bonchev–Trinajstić information content (AvgIpc) is 3.31. The predicted molar refractivity (Wildman–Crippen MR) is 135 cm³/mol. The number of hydrogen-bond donors (Lipinski definition) is 1. The molecule has 6 rings (SSSR count). The summed E-state index contributed by atoms with van der Waals surface area (Å²) >= 11 is 7.66. The Morgan fingerprint density at radius 2 is 1.76 bits per heavy atom. The molecule has 0 spiro atoms. The van der Waals surface area contributed by atoms with Gasteiger partial charge >= 0.3 is 0 Å². The van der Waals surface area contributed by atoms with Gasteiger partial charge in [0.2, 0.25) is 11.6 Å². The molecule has 0 atom stereocenters. The Bertz CT molecular complexity index is 1600. The Morgan fingerprint density at radius 1 is 1.00 bits per heavy atom. The van der Waals surface area contributed by atoms with Crippen LogP contribution in [0.15, 0.2) is 59.4 Å². The van der Waals surface area contributed by atoms with E-state index in [1.54, 1.807) is 47.7 Å². The smallest absolute Gasteiger partial charge is 0.294 e. The molecule has 7 nitrogen and oxygen atoms in total. The summed E-state index contributed by atoms with van der Waals surface area (Å²) in [6.07, 6.45) is 5.13. The summed E-state index contributed by atoms with van der Waals surface area (Å²) < 4.78 is 2.87. The number of nitrogens with one attached hydrogen (secondary N) is 1. The second-order valence-corrected chi connectivity index (χ2v) is 9.85. The Balaban J connectivity index is 1.61. The van der Waals surface area contributed by atoms with E-state index in [1.165, 1.54) is 14.0 Å². The van der Waals surface area contributed by atoms with E-state index in [4.69, 9.17) is 16.6 Å². The molecule has 34 heavy (non-hydrogen) atoms. The SMILES string of the molecule is O=C(Nc1ccccc1)c1nn(-c2ccc(Cl)cc2)c2nc3sc4c(c3c(=O)n12)CCCCC4. The molecule has 0 radical (unpaired) electrons. The Hall–Kier alpha value is -3.49. The maximum absolute atomic E-state index is 13.9. The standard InChI is InChI=1S/C25H20ClN5O2S/c26-15-11-13-17(14-12-15)31-25-28-23-20(18-9-5-2-6-10-19(18)34-23)24(33)30(25)21(29-31)22(32)27-16-7-3-1-4-8-16/h1,3-4,7-8,11-14H,2,5-6,9-10H2,(H,27,32). The van der Waals surface area contributed by atoms with Gasteiger partial charge in [-0.15, -0.1) is 16.4 Å². The fourth-order valence-electron chi connectivity index (χ4n) is 4.50. The zero-order valence-corrected chi connectivity index (χ0v) is 19.7. The van der Waals surface area contributed by atoms with E-state index in [-0.39, 0.29) is 11.4 Å². The third kappa shape index (κ3) is 3.50. The summed E-state index contributed by atoms with van der Waals surface area (Å²) in [5.74, 6) is -0.190. The van der Waals surface area contributed by atoms with Crippen molar-refractivity contribution >= 4 is 50.5 Å². The summed E-state index contributed by atoms with van der Waals surface area (Å²) in [6, 6.07) is 16.2. The molecule has 0 fully saturated rings. The molecule has 0 unspecified atom stereocenters. The van der Waals surface area contributed by atoms with E-state index >= 15 is 0 Å². The molecule has 2 aromatic carbocycles. The molecule has 5 aromatic rings. The zero-order valence-electron chi connectivity index (χ0n) is 18.1. The lowest BCUT2D eigenvalue weighted by atomic mass is 10.1. The van der Waals surface area contributed by atoms with Crippen molar-refractivity contribution in [3.8, 4) is 5.69 Å². The Kier molecular flexibility index (Phi) is 5.19. The van der Waals surface area contributed by atoms with Crippen LogP contribution >= 0.6 is 22.9 Å². The van der Waals surface area contributed by atoms with Crippen LogP contribution in [-0.4, -0.2) is 25.1 Å². The quantitative estimate of drug-likeness (QED) is 0.350. The molecular weight excluding hydrogens is 470 g/mol. The van der Waals surface area contributed by atoms with E-state index in [9.17, 15) is 9.59 Å². The number of halogens is 1. The number of rotatable bonds is 3. The van der Waals surface area contributed by atoms with Crippen molar-refractivity contribution in [2.75, 3.05) is 5.32 Å². The number of benzene rings is 2. The Labute approximate surface area is 203 Å². The van der Waals surface area contributed by atoms with Crippen LogP contribution < -0.4 is 10.9 Å². The van der Waals surface area contributed by atoms with Crippen LogP contribution in [0.2, 0.25) is 5.02 Å². The van der Waals surface area contributed by atoms with Gasteiger partial charge in [-0.05, 0) is 67.6 Å². The highest BCUT2D eigenvalue weighted by Crippen LogP contribution is 2.33. The van der Waals surface area contributed by atoms with Crippen LogP contribution in [0.1, 0.15) is 40.3 Å². The largest absolute Gasteiger partial charge is 0.319 e. The number of thiophene rings is 1. The third-order valence-electron chi connectivity index (χ3n) is 6.12. The molecule has 1 amide bonds. The molecule has 0 saturated heterocycles. The molecule has 0 saturated carbocycles. The molecular formula is C25H20ClN5O2S. The average molecular weight is 490 g/mol. The number of aromatic nitrogens is 4.